The zero-order valence-electron chi connectivity index (χ0n) is 12.8. The zero-order chi connectivity index (χ0) is 16.2. The number of hydrogen-bond donors (Lipinski definition) is 0. The van der Waals surface area contributed by atoms with Crippen molar-refractivity contribution in [1.82, 2.24) is 0 Å². The van der Waals surface area contributed by atoms with Crippen LogP contribution in [0.5, 0.6) is 0 Å². The Labute approximate surface area is 135 Å². The Morgan fingerprint density at radius 1 is 0.783 bits per heavy atom. The molecular weight excluding hydrogens is 288 g/mol. The van der Waals surface area contributed by atoms with Crippen molar-refractivity contribution in [3.63, 3.8) is 0 Å². The number of benzene rings is 2. The third-order valence-corrected chi connectivity index (χ3v) is 4.30. The summed E-state index contributed by atoms with van der Waals surface area (Å²) >= 11 is 0. The van der Waals surface area contributed by atoms with Crippen LogP contribution in [0.15, 0.2) is 60.7 Å². The summed E-state index contributed by atoms with van der Waals surface area (Å²) < 4.78 is 0. The molecule has 23 heavy (non-hydrogen) atoms. The molecule has 0 saturated heterocycles. The van der Waals surface area contributed by atoms with Gasteiger partial charge in [-0.1, -0.05) is 60.7 Å². The van der Waals surface area contributed by atoms with Crippen LogP contribution in [0.1, 0.15) is 36.3 Å². The minimum Gasteiger partial charge on any atom is -0.299 e. The van der Waals surface area contributed by atoms with Gasteiger partial charge in [0.2, 0.25) is 0 Å². The SMILES string of the molecule is O=C1CC(=O)CC(C(=O)C(c2ccccc2)c2ccccc2)C1. The maximum Gasteiger partial charge on any atom is 0.148 e. The maximum absolute atomic E-state index is 13.1. The van der Waals surface area contributed by atoms with Gasteiger partial charge in [-0.2, -0.15) is 0 Å². The summed E-state index contributed by atoms with van der Waals surface area (Å²) in [5.74, 6) is -1.22. The number of carbonyl (C=O) groups excluding carboxylic acids is 3. The van der Waals surface area contributed by atoms with E-state index in [-0.39, 0.29) is 36.6 Å². The van der Waals surface area contributed by atoms with E-state index < -0.39 is 11.8 Å². The molecule has 0 unspecified atom stereocenters. The van der Waals surface area contributed by atoms with Crippen LogP contribution in [-0.4, -0.2) is 17.3 Å². The number of rotatable bonds is 4. The Bertz CT molecular complexity index is 664. The van der Waals surface area contributed by atoms with Gasteiger partial charge in [-0.15, -0.1) is 0 Å². The monoisotopic (exact) mass is 306 g/mol. The first-order chi connectivity index (χ1) is 11.1. The molecule has 3 rings (SSSR count). The molecule has 1 aliphatic rings. The lowest BCUT2D eigenvalue weighted by molar-refractivity contribution is -0.137. The first-order valence-corrected chi connectivity index (χ1v) is 7.82. The standard InChI is InChI=1S/C20H18O3/c21-17-11-16(12-18(22)13-17)20(23)19(14-7-3-1-4-8-14)15-9-5-2-6-10-15/h1-10,16,19H,11-13H2. The van der Waals surface area contributed by atoms with Crippen molar-refractivity contribution in [3.8, 4) is 0 Å². The molecule has 0 bridgehead atoms. The lowest BCUT2D eigenvalue weighted by atomic mass is 9.76. The molecule has 1 fully saturated rings. The second-order valence-corrected chi connectivity index (χ2v) is 6.02. The molecule has 0 heterocycles. The van der Waals surface area contributed by atoms with Crippen molar-refractivity contribution in [2.45, 2.75) is 25.2 Å². The van der Waals surface area contributed by atoms with Gasteiger partial charge < -0.3 is 0 Å². The highest BCUT2D eigenvalue weighted by Crippen LogP contribution is 2.32. The Kier molecular flexibility index (Phi) is 4.47. The molecular formula is C20H18O3. The van der Waals surface area contributed by atoms with Gasteiger partial charge >= 0.3 is 0 Å². The van der Waals surface area contributed by atoms with Crippen LogP contribution in [0.4, 0.5) is 0 Å². The van der Waals surface area contributed by atoms with Gasteiger partial charge in [-0.05, 0) is 11.1 Å². The Hall–Kier alpha value is -2.55. The Morgan fingerprint density at radius 3 is 1.65 bits per heavy atom. The molecule has 3 nitrogen and oxygen atoms in total. The smallest absolute Gasteiger partial charge is 0.148 e. The van der Waals surface area contributed by atoms with E-state index >= 15 is 0 Å². The van der Waals surface area contributed by atoms with Crippen molar-refractivity contribution in [2.24, 2.45) is 5.92 Å². The van der Waals surface area contributed by atoms with Crippen LogP contribution < -0.4 is 0 Å². The summed E-state index contributed by atoms with van der Waals surface area (Å²) in [7, 11) is 0. The third kappa shape index (κ3) is 3.45. The van der Waals surface area contributed by atoms with E-state index in [1.165, 1.54) is 0 Å². The van der Waals surface area contributed by atoms with Crippen LogP contribution in [0, 0.1) is 5.92 Å². The predicted molar refractivity (Wildman–Crippen MR) is 87.1 cm³/mol. The van der Waals surface area contributed by atoms with Gasteiger partial charge in [0.1, 0.15) is 17.3 Å². The van der Waals surface area contributed by atoms with Crippen LogP contribution in [0.3, 0.4) is 0 Å². The molecule has 2 aromatic rings. The number of ketones is 3. The van der Waals surface area contributed by atoms with Crippen molar-refractivity contribution in [2.75, 3.05) is 0 Å². The van der Waals surface area contributed by atoms with E-state index in [4.69, 9.17) is 0 Å². The quantitative estimate of drug-likeness (QED) is 0.814. The highest BCUT2D eigenvalue weighted by molar-refractivity contribution is 6.06. The van der Waals surface area contributed by atoms with Crippen molar-refractivity contribution in [1.29, 1.82) is 0 Å². The number of Topliss-reactive ketones (excluding diaryl/α,β-unsaturated/α-hetero) is 3. The minimum atomic E-state index is -0.505. The predicted octanol–water partition coefficient (Wildman–Crippen LogP) is 3.33. The van der Waals surface area contributed by atoms with Gasteiger partial charge in [0.15, 0.2) is 0 Å². The number of hydrogen-bond acceptors (Lipinski definition) is 3. The van der Waals surface area contributed by atoms with E-state index in [9.17, 15) is 14.4 Å². The van der Waals surface area contributed by atoms with Gasteiger partial charge in [-0.3, -0.25) is 14.4 Å². The highest BCUT2D eigenvalue weighted by atomic mass is 16.2. The van der Waals surface area contributed by atoms with Crippen LogP contribution in [0.25, 0.3) is 0 Å². The van der Waals surface area contributed by atoms with E-state index in [1.807, 2.05) is 60.7 Å². The summed E-state index contributed by atoms with van der Waals surface area (Å²) in [5.41, 5.74) is 1.79. The van der Waals surface area contributed by atoms with Crippen molar-refractivity contribution in [3.05, 3.63) is 71.8 Å². The summed E-state index contributed by atoms with van der Waals surface area (Å²) in [5, 5.41) is 0. The maximum atomic E-state index is 13.1. The van der Waals surface area contributed by atoms with Gasteiger partial charge in [0.25, 0.3) is 0 Å². The molecule has 0 radical (unpaired) electrons. The van der Waals surface area contributed by atoms with Gasteiger partial charge in [0, 0.05) is 18.8 Å². The molecule has 0 atom stereocenters. The summed E-state index contributed by atoms with van der Waals surface area (Å²) in [6.07, 6.45) is 0.340. The molecule has 116 valence electrons. The molecule has 0 spiro atoms. The molecule has 0 N–H and O–H groups in total. The second kappa shape index (κ2) is 6.69. The van der Waals surface area contributed by atoms with Crippen LogP contribution >= 0.6 is 0 Å². The van der Waals surface area contributed by atoms with Crippen molar-refractivity contribution >= 4 is 17.3 Å². The van der Waals surface area contributed by atoms with E-state index in [0.717, 1.165) is 11.1 Å². The molecule has 2 aromatic carbocycles. The van der Waals surface area contributed by atoms with Gasteiger partial charge in [0.05, 0.1) is 12.3 Å². The Morgan fingerprint density at radius 2 is 1.22 bits per heavy atom. The topological polar surface area (TPSA) is 51.2 Å². The Balaban J connectivity index is 1.97. The van der Waals surface area contributed by atoms with E-state index in [2.05, 4.69) is 0 Å². The fourth-order valence-electron chi connectivity index (χ4n) is 3.23. The molecule has 1 aliphatic carbocycles. The molecule has 3 heteroatoms. The second-order valence-electron chi connectivity index (χ2n) is 6.02. The summed E-state index contributed by atoms with van der Waals surface area (Å²) in [6, 6.07) is 19.1. The highest BCUT2D eigenvalue weighted by Gasteiger charge is 2.35. The first kappa shape index (κ1) is 15.3. The van der Waals surface area contributed by atoms with Crippen LogP contribution in [-0.2, 0) is 14.4 Å². The first-order valence-electron chi connectivity index (χ1n) is 7.82. The summed E-state index contributed by atoms with van der Waals surface area (Å²) in [6.45, 7) is 0. The average Bonchev–Trinajstić information content (AvgIpc) is 2.56. The zero-order valence-corrected chi connectivity index (χ0v) is 12.8. The lowest BCUT2D eigenvalue weighted by Gasteiger charge is -2.25. The van der Waals surface area contributed by atoms with Crippen LogP contribution in [0.2, 0.25) is 0 Å². The fourth-order valence-corrected chi connectivity index (χ4v) is 3.23. The minimum absolute atomic E-state index is 0.0227. The largest absolute Gasteiger partial charge is 0.299 e. The van der Waals surface area contributed by atoms with Gasteiger partial charge in [-0.25, -0.2) is 0 Å². The molecule has 1 saturated carbocycles. The fraction of sp³-hybridized carbons (Fsp3) is 0.250. The average molecular weight is 306 g/mol. The lowest BCUT2D eigenvalue weighted by Crippen LogP contribution is -2.32. The van der Waals surface area contributed by atoms with E-state index in [0.29, 0.717) is 0 Å². The molecule has 0 aliphatic heterocycles. The molecule has 0 amide bonds. The van der Waals surface area contributed by atoms with Crippen molar-refractivity contribution < 1.29 is 14.4 Å². The third-order valence-electron chi connectivity index (χ3n) is 4.30. The molecule has 0 aromatic heterocycles. The number of carbonyl (C=O) groups is 3. The summed E-state index contributed by atoms with van der Waals surface area (Å²) in [4.78, 5) is 36.5. The van der Waals surface area contributed by atoms with E-state index in [1.54, 1.807) is 0 Å². The normalized spacial score (nSPS) is 15.9.